The predicted octanol–water partition coefficient (Wildman–Crippen LogP) is 3.58. The van der Waals surface area contributed by atoms with Crippen molar-refractivity contribution in [3.05, 3.63) is 59.0 Å². The van der Waals surface area contributed by atoms with Crippen molar-refractivity contribution in [3.63, 3.8) is 0 Å². The minimum atomic E-state index is -0.179. The Morgan fingerprint density at radius 1 is 1.26 bits per heavy atom. The van der Waals surface area contributed by atoms with Gasteiger partial charge < -0.3 is 10.3 Å². The first-order valence-corrected chi connectivity index (χ1v) is 6.52. The number of nitrogens with one attached hydrogen (secondary N) is 2. The smallest absolute Gasteiger partial charge is 0.272 e. The quantitative estimate of drug-likeness (QED) is 0.759. The Balaban J connectivity index is 1.99. The molecule has 0 bridgehead atoms. The van der Waals surface area contributed by atoms with Crippen molar-refractivity contribution in [1.82, 2.24) is 9.97 Å². The summed E-state index contributed by atoms with van der Waals surface area (Å²) in [5, 5.41) is 3.83. The summed E-state index contributed by atoms with van der Waals surface area (Å²) in [6.07, 6.45) is 3.43. The number of aromatic nitrogens is 2. The first-order valence-electron chi connectivity index (χ1n) is 5.73. The Bertz CT molecular complexity index is 738. The summed E-state index contributed by atoms with van der Waals surface area (Å²) in [5.41, 5.74) is 1.99. The second-order valence-electron chi connectivity index (χ2n) is 4.07. The summed E-state index contributed by atoms with van der Waals surface area (Å²) in [6, 6.07) is 11.2. The molecule has 0 fully saturated rings. The Morgan fingerprint density at radius 2 is 2.16 bits per heavy atom. The lowest BCUT2D eigenvalue weighted by Gasteiger charge is -2.07. The number of benzene rings is 1. The van der Waals surface area contributed by atoms with Gasteiger partial charge in [0.2, 0.25) is 0 Å². The van der Waals surface area contributed by atoms with E-state index in [1.165, 1.54) is 0 Å². The third-order valence-corrected chi connectivity index (χ3v) is 3.20. The van der Waals surface area contributed by atoms with Gasteiger partial charge >= 0.3 is 0 Å². The number of pyridine rings is 1. The van der Waals surface area contributed by atoms with Crippen LogP contribution in [0.5, 0.6) is 0 Å². The molecule has 0 aliphatic carbocycles. The molecule has 19 heavy (non-hydrogen) atoms. The third kappa shape index (κ3) is 2.37. The van der Waals surface area contributed by atoms with Gasteiger partial charge in [-0.25, -0.2) is 0 Å². The molecule has 0 saturated heterocycles. The van der Waals surface area contributed by atoms with E-state index in [4.69, 9.17) is 0 Å². The van der Waals surface area contributed by atoms with Crippen molar-refractivity contribution in [2.75, 3.05) is 5.32 Å². The van der Waals surface area contributed by atoms with Gasteiger partial charge in [0.25, 0.3) is 5.91 Å². The number of amides is 1. The van der Waals surface area contributed by atoms with Crippen LogP contribution in [0.1, 0.15) is 10.5 Å². The highest BCUT2D eigenvalue weighted by Gasteiger charge is 2.09. The lowest BCUT2D eigenvalue weighted by molar-refractivity contribution is 0.102. The van der Waals surface area contributed by atoms with Gasteiger partial charge in [-0.15, -0.1) is 0 Å². The SMILES string of the molecule is O=C(Nc1cccc2cc(Br)cnc12)c1ccc[nH]1. The van der Waals surface area contributed by atoms with Gasteiger partial charge in [-0.1, -0.05) is 12.1 Å². The van der Waals surface area contributed by atoms with Crippen molar-refractivity contribution in [1.29, 1.82) is 0 Å². The maximum Gasteiger partial charge on any atom is 0.272 e. The highest BCUT2D eigenvalue weighted by atomic mass is 79.9. The van der Waals surface area contributed by atoms with Gasteiger partial charge in [0.1, 0.15) is 5.69 Å². The molecule has 0 unspecified atom stereocenters. The second-order valence-corrected chi connectivity index (χ2v) is 4.98. The lowest BCUT2D eigenvalue weighted by atomic mass is 10.2. The van der Waals surface area contributed by atoms with E-state index >= 15 is 0 Å². The Morgan fingerprint density at radius 3 is 2.95 bits per heavy atom. The van der Waals surface area contributed by atoms with Gasteiger partial charge in [0.05, 0.1) is 11.2 Å². The van der Waals surface area contributed by atoms with Crippen LogP contribution >= 0.6 is 15.9 Å². The van der Waals surface area contributed by atoms with E-state index < -0.39 is 0 Å². The van der Waals surface area contributed by atoms with Crippen LogP contribution in [0.3, 0.4) is 0 Å². The number of carbonyl (C=O) groups excluding carboxylic acids is 1. The summed E-state index contributed by atoms with van der Waals surface area (Å²) < 4.78 is 0.910. The van der Waals surface area contributed by atoms with Gasteiger partial charge in [-0.05, 0) is 40.2 Å². The number of fused-ring (bicyclic) bond motifs is 1. The molecule has 0 spiro atoms. The molecule has 2 heterocycles. The molecule has 1 amide bonds. The molecule has 3 aromatic rings. The van der Waals surface area contributed by atoms with E-state index in [-0.39, 0.29) is 5.91 Å². The fourth-order valence-corrected chi connectivity index (χ4v) is 2.25. The standard InChI is InChI=1S/C14H10BrN3O/c15-10-7-9-3-1-4-11(13(9)17-8-10)18-14(19)12-5-2-6-16-12/h1-8,16H,(H,18,19). The van der Waals surface area contributed by atoms with E-state index in [1.54, 1.807) is 24.5 Å². The number of rotatable bonds is 2. The molecule has 2 aromatic heterocycles. The molecule has 2 N–H and O–H groups in total. The van der Waals surface area contributed by atoms with Crippen molar-refractivity contribution in [2.45, 2.75) is 0 Å². The number of carbonyl (C=O) groups is 1. The Kier molecular flexibility index (Phi) is 3.05. The highest BCUT2D eigenvalue weighted by Crippen LogP contribution is 2.24. The summed E-state index contributed by atoms with van der Waals surface area (Å²) in [4.78, 5) is 19.2. The molecule has 1 aromatic carbocycles. The third-order valence-electron chi connectivity index (χ3n) is 2.77. The topological polar surface area (TPSA) is 57.8 Å². The van der Waals surface area contributed by atoms with E-state index in [0.717, 1.165) is 15.4 Å². The van der Waals surface area contributed by atoms with Gasteiger partial charge in [0.15, 0.2) is 0 Å². The highest BCUT2D eigenvalue weighted by molar-refractivity contribution is 9.10. The number of hydrogen-bond donors (Lipinski definition) is 2. The molecule has 0 aliphatic rings. The normalized spacial score (nSPS) is 10.6. The van der Waals surface area contributed by atoms with Crippen LogP contribution < -0.4 is 5.32 Å². The maximum absolute atomic E-state index is 12.0. The number of hydrogen-bond acceptors (Lipinski definition) is 2. The summed E-state index contributed by atoms with van der Waals surface area (Å²) in [7, 11) is 0. The zero-order valence-electron chi connectivity index (χ0n) is 9.85. The van der Waals surface area contributed by atoms with E-state index in [9.17, 15) is 4.79 Å². The first kappa shape index (κ1) is 11.9. The number of aromatic amines is 1. The largest absolute Gasteiger partial charge is 0.357 e. The number of nitrogens with zero attached hydrogens (tertiary/aromatic N) is 1. The van der Waals surface area contributed by atoms with E-state index in [2.05, 4.69) is 31.2 Å². The monoisotopic (exact) mass is 315 g/mol. The molecule has 5 heteroatoms. The Labute approximate surface area is 118 Å². The second kappa shape index (κ2) is 4.85. The van der Waals surface area contributed by atoms with E-state index in [1.807, 2.05) is 24.3 Å². The van der Waals surface area contributed by atoms with Gasteiger partial charge in [0, 0.05) is 22.3 Å². The van der Waals surface area contributed by atoms with Crippen LogP contribution in [0, 0.1) is 0 Å². The van der Waals surface area contributed by atoms with Crippen LogP contribution in [0.15, 0.2) is 53.3 Å². The molecule has 0 saturated carbocycles. The number of H-pyrrole nitrogens is 1. The van der Waals surface area contributed by atoms with Crippen LogP contribution in [0.25, 0.3) is 10.9 Å². The van der Waals surface area contributed by atoms with E-state index in [0.29, 0.717) is 11.4 Å². The molecular weight excluding hydrogens is 306 g/mol. The summed E-state index contributed by atoms with van der Waals surface area (Å²) in [5.74, 6) is -0.179. The first-order chi connectivity index (χ1) is 9.24. The van der Waals surface area contributed by atoms with Crippen molar-refractivity contribution in [3.8, 4) is 0 Å². The summed E-state index contributed by atoms with van der Waals surface area (Å²) >= 11 is 3.38. The average Bonchev–Trinajstić information content (AvgIpc) is 2.92. The van der Waals surface area contributed by atoms with Gasteiger partial charge in [-0.2, -0.15) is 0 Å². The Hall–Kier alpha value is -2.14. The average molecular weight is 316 g/mol. The zero-order valence-corrected chi connectivity index (χ0v) is 11.4. The number of para-hydroxylation sites is 1. The lowest BCUT2D eigenvalue weighted by Crippen LogP contribution is -2.12. The fraction of sp³-hybridized carbons (Fsp3) is 0. The van der Waals surface area contributed by atoms with Crippen LogP contribution in [0.2, 0.25) is 0 Å². The fourth-order valence-electron chi connectivity index (χ4n) is 1.90. The molecule has 4 nitrogen and oxygen atoms in total. The van der Waals surface area contributed by atoms with Crippen molar-refractivity contribution >= 4 is 38.4 Å². The predicted molar refractivity (Wildman–Crippen MR) is 78.2 cm³/mol. The number of anilines is 1. The van der Waals surface area contributed by atoms with Crippen LogP contribution in [0.4, 0.5) is 5.69 Å². The van der Waals surface area contributed by atoms with Crippen molar-refractivity contribution < 1.29 is 4.79 Å². The molecular formula is C14H10BrN3O. The van der Waals surface area contributed by atoms with Crippen molar-refractivity contribution in [2.24, 2.45) is 0 Å². The van der Waals surface area contributed by atoms with Crippen LogP contribution in [-0.4, -0.2) is 15.9 Å². The number of halogens is 1. The summed E-state index contributed by atoms with van der Waals surface area (Å²) in [6.45, 7) is 0. The minimum absolute atomic E-state index is 0.179. The maximum atomic E-state index is 12.0. The molecule has 94 valence electrons. The molecule has 0 radical (unpaired) electrons. The molecule has 0 atom stereocenters. The minimum Gasteiger partial charge on any atom is -0.357 e. The van der Waals surface area contributed by atoms with Crippen LogP contribution in [-0.2, 0) is 0 Å². The molecule has 0 aliphatic heterocycles. The zero-order chi connectivity index (χ0) is 13.2. The molecule has 3 rings (SSSR count). The van der Waals surface area contributed by atoms with Gasteiger partial charge in [-0.3, -0.25) is 9.78 Å².